The summed E-state index contributed by atoms with van der Waals surface area (Å²) in [4.78, 5) is 29.6. The summed E-state index contributed by atoms with van der Waals surface area (Å²) in [5.41, 5.74) is 1.07. The minimum atomic E-state index is -4.68. The molecule has 1 aromatic heterocycles. The van der Waals surface area contributed by atoms with E-state index in [-0.39, 0.29) is 6.54 Å². The molecule has 1 heterocycles. The molecule has 0 spiro atoms. The highest BCUT2D eigenvalue weighted by atomic mass is 31.2. The molecule has 2 N–H and O–H groups in total. The molecule has 0 aromatic carbocycles. The summed E-state index contributed by atoms with van der Waals surface area (Å²) in [7, 11) is -8.79. The lowest BCUT2D eigenvalue weighted by Crippen LogP contribution is -2.40. The minimum Gasteiger partial charge on any atom is -0.799 e. The van der Waals surface area contributed by atoms with E-state index in [0.717, 1.165) is 18.6 Å². The Morgan fingerprint density at radius 2 is 1.83 bits per heavy atom. The second-order valence-corrected chi connectivity index (χ2v) is 8.88. The topological polar surface area (TPSA) is 102 Å². The molecule has 8 heteroatoms. The Kier molecular flexibility index (Phi) is 4.87. The summed E-state index contributed by atoms with van der Waals surface area (Å²) in [6.07, 6.45) is 4.09. The SMILES string of the molecule is CCc1cc[n+](CC(P(C)(=O)[O-])P(=O)(O)O)cc1. The zero-order valence-corrected chi connectivity index (χ0v) is 12.1. The molecule has 0 amide bonds. The molecule has 18 heavy (non-hydrogen) atoms. The van der Waals surface area contributed by atoms with Crippen molar-refractivity contribution < 1.29 is 28.4 Å². The first-order valence-electron chi connectivity index (χ1n) is 5.46. The second kappa shape index (κ2) is 5.64. The van der Waals surface area contributed by atoms with Crippen LogP contribution in [0.3, 0.4) is 0 Å². The minimum absolute atomic E-state index is 0.244. The van der Waals surface area contributed by atoms with Crippen molar-refractivity contribution in [3.63, 3.8) is 0 Å². The summed E-state index contributed by atoms with van der Waals surface area (Å²) in [5, 5.41) is -1.68. The van der Waals surface area contributed by atoms with Crippen molar-refractivity contribution in [2.75, 3.05) is 6.66 Å². The van der Waals surface area contributed by atoms with Gasteiger partial charge >= 0.3 is 7.60 Å². The van der Waals surface area contributed by atoms with Crippen LogP contribution in [0, 0.1) is 0 Å². The number of pyridine rings is 1. The molecule has 2 atom stereocenters. The van der Waals surface area contributed by atoms with Crippen LogP contribution < -0.4 is 9.46 Å². The summed E-state index contributed by atoms with van der Waals surface area (Å²) in [6, 6.07) is 3.59. The molecule has 0 radical (unpaired) electrons. The van der Waals surface area contributed by atoms with Gasteiger partial charge in [-0.3, -0.25) is 4.57 Å². The number of hydrogen-bond donors (Lipinski definition) is 2. The summed E-state index contributed by atoms with van der Waals surface area (Å²) >= 11 is 0. The van der Waals surface area contributed by atoms with Crippen molar-refractivity contribution in [2.24, 2.45) is 0 Å². The van der Waals surface area contributed by atoms with E-state index in [9.17, 15) is 14.0 Å². The second-order valence-electron chi connectivity index (χ2n) is 4.24. The van der Waals surface area contributed by atoms with Crippen molar-refractivity contribution in [3.8, 4) is 0 Å². The molecule has 0 fully saturated rings. The van der Waals surface area contributed by atoms with Gasteiger partial charge in [-0.05, 0) is 18.6 Å². The van der Waals surface area contributed by atoms with Gasteiger partial charge in [0.2, 0.25) is 0 Å². The Labute approximate surface area is 106 Å². The lowest BCUT2D eigenvalue weighted by Gasteiger charge is -2.27. The van der Waals surface area contributed by atoms with E-state index in [0.29, 0.717) is 0 Å². The third kappa shape index (κ3) is 4.30. The zero-order chi connectivity index (χ0) is 14.0. The zero-order valence-electron chi connectivity index (χ0n) is 10.3. The third-order valence-corrected chi connectivity index (χ3v) is 7.02. The predicted molar refractivity (Wildman–Crippen MR) is 65.4 cm³/mol. The molecule has 0 aliphatic carbocycles. The smallest absolute Gasteiger partial charge is 0.341 e. The standard InChI is InChI=1S/C10H17NO5P2/c1-3-9-4-6-11(7-5-9)8-10(17(2,12)13)18(14,15)16/h4-7,10H,3,8H2,1-2H3,(H2-,12,13,14,15,16). The molecular formula is C10H17NO5P2. The maximum Gasteiger partial charge on any atom is 0.341 e. The first-order valence-corrected chi connectivity index (χ1v) is 9.28. The first kappa shape index (κ1) is 15.5. The quantitative estimate of drug-likeness (QED) is 0.601. The lowest BCUT2D eigenvalue weighted by atomic mass is 10.2. The predicted octanol–water partition coefficient (Wildman–Crippen LogP) is 0.308. The fourth-order valence-electron chi connectivity index (χ4n) is 1.56. The fraction of sp³-hybridized carbons (Fsp3) is 0.500. The van der Waals surface area contributed by atoms with E-state index < -0.39 is 20.4 Å². The van der Waals surface area contributed by atoms with Crippen LogP contribution in [0.1, 0.15) is 12.5 Å². The number of rotatable bonds is 5. The Hall–Kier alpha value is -0.510. The number of hydrogen-bond acceptors (Lipinski definition) is 3. The van der Waals surface area contributed by atoms with E-state index in [2.05, 4.69) is 0 Å². The maximum atomic E-state index is 11.4. The van der Waals surface area contributed by atoms with Crippen LogP contribution in [0.4, 0.5) is 0 Å². The molecule has 0 aliphatic heterocycles. The molecule has 102 valence electrons. The Morgan fingerprint density at radius 3 is 2.17 bits per heavy atom. The van der Waals surface area contributed by atoms with Crippen LogP contribution in [0.5, 0.6) is 0 Å². The van der Waals surface area contributed by atoms with E-state index in [1.807, 2.05) is 6.92 Å². The highest BCUT2D eigenvalue weighted by molar-refractivity contribution is 7.72. The lowest BCUT2D eigenvalue weighted by molar-refractivity contribution is -0.694. The van der Waals surface area contributed by atoms with E-state index in [1.54, 1.807) is 24.5 Å². The van der Waals surface area contributed by atoms with Crippen molar-refractivity contribution in [1.82, 2.24) is 0 Å². The Bertz CT molecular complexity index is 467. The molecule has 1 rings (SSSR count). The van der Waals surface area contributed by atoms with E-state index in [1.165, 1.54) is 4.57 Å². The van der Waals surface area contributed by atoms with E-state index in [4.69, 9.17) is 9.79 Å². The average Bonchev–Trinajstić information content (AvgIpc) is 2.23. The Balaban J connectivity index is 2.97. The van der Waals surface area contributed by atoms with Crippen molar-refractivity contribution >= 4 is 15.0 Å². The summed E-state index contributed by atoms with van der Waals surface area (Å²) in [6.45, 7) is 2.60. The molecule has 0 saturated heterocycles. The van der Waals surface area contributed by atoms with Crippen LogP contribution >= 0.6 is 15.0 Å². The van der Waals surface area contributed by atoms with Gasteiger partial charge in [0.25, 0.3) is 0 Å². The molecular weight excluding hydrogens is 276 g/mol. The number of aryl methyl sites for hydroxylation is 1. The highest BCUT2D eigenvalue weighted by Crippen LogP contribution is 2.57. The fourth-order valence-corrected chi connectivity index (χ4v) is 4.63. The first-order chi connectivity index (χ1) is 8.14. The van der Waals surface area contributed by atoms with Gasteiger partial charge < -0.3 is 19.2 Å². The Morgan fingerprint density at radius 1 is 1.33 bits per heavy atom. The summed E-state index contributed by atoms with van der Waals surface area (Å²) < 4.78 is 24.1. The van der Waals surface area contributed by atoms with Gasteiger partial charge in [-0.2, -0.15) is 0 Å². The van der Waals surface area contributed by atoms with Crippen molar-refractivity contribution in [1.29, 1.82) is 0 Å². The number of aromatic nitrogens is 1. The van der Waals surface area contributed by atoms with Crippen LogP contribution in [-0.4, -0.2) is 21.9 Å². The van der Waals surface area contributed by atoms with Crippen LogP contribution in [-0.2, 0) is 22.1 Å². The van der Waals surface area contributed by atoms with Gasteiger partial charge in [-0.1, -0.05) is 6.92 Å². The normalized spacial score (nSPS) is 17.2. The molecule has 6 nitrogen and oxygen atoms in total. The van der Waals surface area contributed by atoms with Gasteiger partial charge in [0.1, 0.15) is 0 Å². The average molecular weight is 293 g/mol. The molecule has 0 aliphatic rings. The van der Waals surface area contributed by atoms with Gasteiger partial charge in [-0.15, -0.1) is 0 Å². The van der Waals surface area contributed by atoms with Gasteiger partial charge in [-0.25, -0.2) is 4.57 Å². The van der Waals surface area contributed by atoms with Crippen LogP contribution in [0.15, 0.2) is 24.5 Å². The van der Waals surface area contributed by atoms with Gasteiger partial charge in [0, 0.05) is 19.5 Å². The van der Waals surface area contributed by atoms with Crippen LogP contribution in [0.2, 0.25) is 0 Å². The van der Waals surface area contributed by atoms with Crippen molar-refractivity contribution in [3.05, 3.63) is 30.1 Å². The van der Waals surface area contributed by atoms with Crippen molar-refractivity contribution in [2.45, 2.75) is 25.3 Å². The number of nitrogens with zero attached hydrogens (tertiary/aromatic N) is 1. The molecule has 2 unspecified atom stereocenters. The maximum absolute atomic E-state index is 11.4. The third-order valence-electron chi connectivity index (χ3n) is 2.67. The van der Waals surface area contributed by atoms with Gasteiger partial charge in [0.15, 0.2) is 24.3 Å². The monoisotopic (exact) mass is 293 g/mol. The molecule has 0 saturated carbocycles. The highest BCUT2D eigenvalue weighted by Gasteiger charge is 2.38. The van der Waals surface area contributed by atoms with E-state index >= 15 is 0 Å². The summed E-state index contributed by atoms with van der Waals surface area (Å²) in [5.74, 6) is 0. The molecule has 1 aromatic rings. The molecule has 0 bridgehead atoms. The van der Waals surface area contributed by atoms with Gasteiger partial charge in [0.05, 0.1) is 0 Å². The largest absolute Gasteiger partial charge is 0.799 e. The van der Waals surface area contributed by atoms with Crippen LogP contribution in [0.25, 0.3) is 0 Å².